The van der Waals surface area contributed by atoms with Gasteiger partial charge < -0.3 is 14.4 Å². The van der Waals surface area contributed by atoms with E-state index in [1.54, 1.807) is 0 Å². The fourth-order valence-electron chi connectivity index (χ4n) is 10.3. The van der Waals surface area contributed by atoms with E-state index < -0.39 is 0 Å². The van der Waals surface area contributed by atoms with Gasteiger partial charge in [-0.05, 0) is 83.9 Å². The van der Waals surface area contributed by atoms with E-state index in [2.05, 4.69) is 68.2 Å². The van der Waals surface area contributed by atoms with Crippen molar-refractivity contribution >= 4 is 5.91 Å². The summed E-state index contributed by atoms with van der Waals surface area (Å²) in [4.78, 5) is 14.6. The summed E-state index contributed by atoms with van der Waals surface area (Å²) in [6, 6.07) is 0. The number of rotatable bonds is 7. The van der Waals surface area contributed by atoms with Crippen molar-refractivity contribution in [3.05, 3.63) is 0 Å². The summed E-state index contributed by atoms with van der Waals surface area (Å²) in [5.74, 6) is 3.46. The van der Waals surface area contributed by atoms with Crippen molar-refractivity contribution in [2.45, 2.75) is 140 Å². The topological polar surface area (TPSA) is 38.8 Å². The Morgan fingerprint density at radius 2 is 1.73 bits per heavy atom. The summed E-state index contributed by atoms with van der Waals surface area (Å²) < 4.78 is 12.8. The third kappa shape index (κ3) is 6.04. The van der Waals surface area contributed by atoms with Crippen molar-refractivity contribution in [2.75, 3.05) is 19.7 Å². The summed E-state index contributed by atoms with van der Waals surface area (Å²) in [5.41, 5.74) is 1.50. The van der Waals surface area contributed by atoms with Crippen LogP contribution in [0.15, 0.2) is 0 Å². The highest BCUT2D eigenvalue weighted by molar-refractivity contribution is 5.78. The second-order valence-electron chi connectivity index (χ2n) is 15.0. The normalized spacial score (nSPS) is 37.1. The van der Waals surface area contributed by atoms with Crippen molar-refractivity contribution in [3.8, 4) is 12.8 Å². The maximum absolute atomic E-state index is 12.6. The molecule has 0 aromatic carbocycles. The number of nitrogens with zero attached hydrogens (tertiary/aromatic N) is 1. The van der Waals surface area contributed by atoms with Gasteiger partial charge in [-0.15, -0.1) is 12.8 Å². The lowest BCUT2D eigenvalue weighted by Gasteiger charge is -2.57. The third-order valence-electron chi connectivity index (χ3n) is 11.6. The molecule has 4 heteroatoms. The van der Waals surface area contributed by atoms with E-state index in [1.807, 2.05) is 32.6 Å². The molecule has 4 unspecified atom stereocenters. The molecule has 0 bridgehead atoms. The molecule has 1 saturated heterocycles. The Bertz CT molecular complexity index is 841. The number of terminal acetylenes is 1. The SMILES string of the molecule is C#C.CC.CCC(CC(C)(C)C)[C@@H]1CCC2C(C)(C)[C@@H](OC3CN(C(=O)C(C)C)CCO3)CC[C@@]23C(C)[C@@]13CC. The van der Waals surface area contributed by atoms with E-state index >= 15 is 0 Å². The van der Waals surface area contributed by atoms with Gasteiger partial charge in [-0.25, -0.2) is 0 Å². The van der Waals surface area contributed by atoms with E-state index in [0.717, 1.165) is 24.2 Å². The molecule has 40 heavy (non-hydrogen) atoms. The molecule has 3 aliphatic carbocycles. The Kier molecular flexibility index (Phi) is 11.9. The van der Waals surface area contributed by atoms with Gasteiger partial charge in [-0.2, -0.15) is 0 Å². The Morgan fingerprint density at radius 1 is 1.10 bits per heavy atom. The lowest BCUT2D eigenvalue weighted by atomic mass is 9.50. The van der Waals surface area contributed by atoms with Gasteiger partial charge in [-0.1, -0.05) is 89.5 Å². The molecule has 1 amide bonds. The van der Waals surface area contributed by atoms with Crippen LogP contribution in [0, 0.1) is 64.1 Å². The summed E-state index contributed by atoms with van der Waals surface area (Å²) in [5, 5.41) is 0. The zero-order valence-corrected chi connectivity index (χ0v) is 28.4. The minimum atomic E-state index is -0.292. The van der Waals surface area contributed by atoms with Crippen LogP contribution in [0.5, 0.6) is 0 Å². The molecule has 4 fully saturated rings. The number of amides is 1. The van der Waals surface area contributed by atoms with Crippen LogP contribution in [-0.4, -0.2) is 42.9 Å². The first kappa shape index (κ1) is 35.1. The average molecular weight is 560 g/mol. The largest absolute Gasteiger partial charge is 0.349 e. The molecule has 4 aliphatic rings. The van der Waals surface area contributed by atoms with Crippen molar-refractivity contribution in [1.82, 2.24) is 4.90 Å². The van der Waals surface area contributed by atoms with E-state index in [1.165, 1.54) is 38.5 Å². The van der Waals surface area contributed by atoms with E-state index in [4.69, 9.17) is 9.47 Å². The van der Waals surface area contributed by atoms with Crippen LogP contribution in [0.2, 0.25) is 0 Å². The fourth-order valence-corrected chi connectivity index (χ4v) is 10.3. The van der Waals surface area contributed by atoms with Gasteiger partial charge in [0.05, 0.1) is 19.3 Å². The lowest BCUT2D eigenvalue weighted by molar-refractivity contribution is -0.243. The van der Waals surface area contributed by atoms with Gasteiger partial charge >= 0.3 is 0 Å². The predicted molar refractivity (Wildman–Crippen MR) is 169 cm³/mol. The molecule has 3 saturated carbocycles. The van der Waals surface area contributed by atoms with Crippen molar-refractivity contribution in [3.63, 3.8) is 0 Å². The molecule has 1 spiro atoms. The van der Waals surface area contributed by atoms with Gasteiger partial charge in [0.2, 0.25) is 5.91 Å². The van der Waals surface area contributed by atoms with E-state index in [0.29, 0.717) is 41.9 Å². The van der Waals surface area contributed by atoms with Gasteiger partial charge in [0.15, 0.2) is 6.29 Å². The highest BCUT2D eigenvalue weighted by atomic mass is 16.7. The fraction of sp³-hybridized carbons (Fsp3) is 0.917. The Morgan fingerprint density at radius 3 is 2.25 bits per heavy atom. The van der Waals surface area contributed by atoms with Crippen molar-refractivity contribution in [2.24, 2.45) is 51.2 Å². The number of hydrogen-bond acceptors (Lipinski definition) is 3. The highest BCUT2D eigenvalue weighted by Gasteiger charge is 2.81. The van der Waals surface area contributed by atoms with E-state index in [9.17, 15) is 4.79 Å². The van der Waals surface area contributed by atoms with Gasteiger partial charge in [0, 0.05) is 12.5 Å². The quantitative estimate of drug-likeness (QED) is 0.293. The molecule has 0 radical (unpaired) electrons. The van der Waals surface area contributed by atoms with Crippen LogP contribution in [-0.2, 0) is 14.3 Å². The zero-order chi connectivity index (χ0) is 30.7. The minimum absolute atomic E-state index is 0.0219. The van der Waals surface area contributed by atoms with Crippen LogP contribution < -0.4 is 0 Å². The van der Waals surface area contributed by atoms with Crippen LogP contribution in [0.4, 0.5) is 0 Å². The second kappa shape index (κ2) is 13.5. The molecule has 232 valence electrons. The molecule has 0 N–H and O–H groups in total. The molecule has 0 aromatic heterocycles. The van der Waals surface area contributed by atoms with Crippen LogP contribution in [0.3, 0.4) is 0 Å². The summed E-state index contributed by atoms with van der Waals surface area (Å²) in [6.07, 6.45) is 17.0. The number of ether oxygens (including phenoxy) is 2. The Balaban J connectivity index is 0.00000134. The summed E-state index contributed by atoms with van der Waals surface area (Å²) in [6.45, 7) is 29.6. The maximum Gasteiger partial charge on any atom is 0.225 e. The first-order valence-electron chi connectivity index (χ1n) is 16.6. The van der Waals surface area contributed by atoms with Crippen molar-refractivity contribution in [1.29, 1.82) is 0 Å². The Hall–Kier alpha value is -1.05. The minimum Gasteiger partial charge on any atom is -0.349 e. The lowest BCUT2D eigenvalue weighted by Crippen LogP contribution is -2.55. The predicted octanol–water partition coefficient (Wildman–Crippen LogP) is 8.83. The number of hydrogen-bond donors (Lipinski definition) is 0. The monoisotopic (exact) mass is 559 g/mol. The van der Waals surface area contributed by atoms with Crippen LogP contribution >= 0.6 is 0 Å². The van der Waals surface area contributed by atoms with Crippen molar-refractivity contribution < 1.29 is 14.3 Å². The number of carbonyl (C=O) groups excluding carboxylic acids is 1. The zero-order valence-electron chi connectivity index (χ0n) is 28.4. The smallest absolute Gasteiger partial charge is 0.225 e. The first-order chi connectivity index (χ1) is 18.8. The molecular formula is C36H65NO3. The standard InChI is InChI=1S/C32H57NO3.C2H6.C2H2/c1-11-23(19-29(6,7)8)24-13-14-25-30(9,10)26(15-16-32(25)22(5)31(24,32)12-2)36-27-20-33(17-18-35-27)28(34)21(3)4;2*1-2/h21-27H,11-20H2,1-10H3;1-2H3;1-2H/t22?,23?,24-,25?,26-,27?,31-,32+;;/m0../s1. The molecule has 4 rings (SSSR count). The third-order valence-corrected chi connectivity index (χ3v) is 11.6. The average Bonchev–Trinajstić information content (AvgIpc) is 3.48. The summed E-state index contributed by atoms with van der Waals surface area (Å²) in [7, 11) is 0. The molecule has 8 atom stereocenters. The van der Waals surface area contributed by atoms with Crippen LogP contribution in [0.1, 0.15) is 128 Å². The summed E-state index contributed by atoms with van der Waals surface area (Å²) >= 11 is 0. The second-order valence-corrected chi connectivity index (χ2v) is 15.0. The molecule has 1 heterocycles. The number of morpholine rings is 1. The maximum atomic E-state index is 12.6. The molecule has 0 aromatic rings. The van der Waals surface area contributed by atoms with E-state index in [-0.39, 0.29) is 29.6 Å². The molecular weight excluding hydrogens is 494 g/mol. The van der Waals surface area contributed by atoms with Crippen LogP contribution in [0.25, 0.3) is 0 Å². The van der Waals surface area contributed by atoms with Gasteiger partial charge in [0.1, 0.15) is 0 Å². The molecule has 1 aliphatic heterocycles. The first-order valence-corrected chi connectivity index (χ1v) is 16.6. The highest BCUT2D eigenvalue weighted by Crippen LogP contribution is 2.86. The Labute approximate surface area is 249 Å². The van der Waals surface area contributed by atoms with Gasteiger partial charge in [0.25, 0.3) is 0 Å². The number of carbonyl (C=O) groups is 1. The molecule has 4 nitrogen and oxygen atoms in total. The van der Waals surface area contributed by atoms with Gasteiger partial charge in [-0.3, -0.25) is 4.79 Å².